The van der Waals surface area contributed by atoms with Gasteiger partial charge in [-0.2, -0.15) is 4.68 Å². The smallest absolute Gasteiger partial charge is 0.295 e. The Kier molecular flexibility index (Phi) is 12.1. The molecule has 3 N–H and O–H groups in total. The number of ether oxygens (including phenoxy) is 1. The zero-order valence-corrected chi connectivity index (χ0v) is 17.1. The highest BCUT2D eigenvalue weighted by atomic mass is 35.5. The Bertz CT molecular complexity index is 706. The lowest BCUT2D eigenvalue weighted by Crippen LogP contribution is -2.28. The summed E-state index contributed by atoms with van der Waals surface area (Å²) >= 11 is 0. The minimum absolute atomic E-state index is 0. The lowest BCUT2D eigenvalue weighted by molar-refractivity contribution is 0.303. The van der Waals surface area contributed by atoms with Crippen molar-refractivity contribution in [2.75, 3.05) is 38.1 Å². The van der Waals surface area contributed by atoms with Crippen LogP contribution in [0.2, 0.25) is 0 Å². The quantitative estimate of drug-likeness (QED) is 0.620. The van der Waals surface area contributed by atoms with Crippen LogP contribution in [0.15, 0.2) is 41.2 Å². The van der Waals surface area contributed by atoms with Gasteiger partial charge in [0.25, 0.3) is 5.56 Å². The minimum atomic E-state index is -0.169. The summed E-state index contributed by atoms with van der Waals surface area (Å²) < 4.78 is 6.91. The van der Waals surface area contributed by atoms with E-state index < -0.39 is 0 Å². The fourth-order valence-corrected chi connectivity index (χ4v) is 2.63. The number of rotatable bonds is 10. The molecule has 27 heavy (non-hydrogen) atoms. The second-order valence-corrected chi connectivity index (χ2v) is 5.69. The van der Waals surface area contributed by atoms with Gasteiger partial charge in [0.1, 0.15) is 5.69 Å². The summed E-state index contributed by atoms with van der Waals surface area (Å²) in [4.78, 5) is 15.1. The molecule has 0 bridgehead atoms. The van der Waals surface area contributed by atoms with Crippen molar-refractivity contribution in [2.45, 2.75) is 27.2 Å². The Hall–Kier alpha value is -2.09. The molecule has 1 aromatic carbocycles. The van der Waals surface area contributed by atoms with Crippen molar-refractivity contribution in [3.63, 3.8) is 0 Å². The molecule has 0 saturated carbocycles. The molecule has 0 aliphatic heterocycles. The second-order valence-electron chi connectivity index (χ2n) is 5.69. The Morgan fingerprint density at radius 1 is 1.15 bits per heavy atom. The Morgan fingerprint density at radius 3 is 2.41 bits per heavy atom. The van der Waals surface area contributed by atoms with Gasteiger partial charge in [-0.15, -0.1) is 17.5 Å². The van der Waals surface area contributed by atoms with Crippen LogP contribution in [0.5, 0.6) is 5.88 Å². The van der Waals surface area contributed by atoms with E-state index in [1.54, 1.807) is 6.07 Å². The molecular weight excluding hydrogens is 368 g/mol. The maximum Gasteiger partial charge on any atom is 0.295 e. The van der Waals surface area contributed by atoms with Gasteiger partial charge < -0.3 is 20.4 Å². The Morgan fingerprint density at radius 2 is 1.81 bits per heavy atom. The number of aromatic nitrogens is 2. The first-order chi connectivity index (χ1) is 12.2. The van der Waals surface area contributed by atoms with Crippen molar-refractivity contribution in [1.29, 1.82) is 0 Å². The molecule has 2 aromatic rings. The number of halogens is 1. The van der Waals surface area contributed by atoms with Crippen LogP contribution in [0.1, 0.15) is 27.2 Å². The fraction of sp³-hybridized carbons (Fsp3) is 0.474. The number of anilines is 1. The lowest BCUT2D eigenvalue weighted by atomic mass is 10.3. The van der Waals surface area contributed by atoms with Crippen LogP contribution in [0.25, 0.3) is 5.69 Å². The molecule has 0 fully saturated rings. The zero-order valence-electron chi connectivity index (χ0n) is 16.3. The van der Waals surface area contributed by atoms with Crippen molar-refractivity contribution in [3.05, 3.63) is 46.8 Å². The summed E-state index contributed by atoms with van der Waals surface area (Å²) in [7, 11) is 0. The Balaban J connectivity index is 0.00000338. The topological polar surface area (TPSA) is 90.9 Å². The van der Waals surface area contributed by atoms with E-state index in [4.69, 9.17) is 4.74 Å². The monoisotopic (exact) mass is 398 g/mol. The highest BCUT2D eigenvalue weighted by Gasteiger charge is 2.10. The summed E-state index contributed by atoms with van der Waals surface area (Å²) in [5, 5.41) is 7.56. The summed E-state index contributed by atoms with van der Waals surface area (Å²) in [5.74, 6) is 0.442. The van der Waals surface area contributed by atoms with E-state index in [1.807, 2.05) is 37.3 Å². The van der Waals surface area contributed by atoms with Gasteiger partial charge >= 0.3 is 0 Å². The SMILES string of the molecule is CCOc1cc(NCCCN(CC)CC)c(=O)n(-c2ccccc2)n1.Cl.O. The molecule has 0 spiro atoms. The first-order valence-electron chi connectivity index (χ1n) is 8.98. The number of para-hydroxylation sites is 1. The van der Waals surface area contributed by atoms with E-state index >= 15 is 0 Å². The van der Waals surface area contributed by atoms with E-state index in [0.29, 0.717) is 18.2 Å². The van der Waals surface area contributed by atoms with Crippen molar-refractivity contribution in [2.24, 2.45) is 0 Å². The van der Waals surface area contributed by atoms with Crippen LogP contribution in [0, 0.1) is 0 Å². The maximum absolute atomic E-state index is 12.7. The summed E-state index contributed by atoms with van der Waals surface area (Å²) in [5.41, 5.74) is 1.07. The lowest BCUT2D eigenvalue weighted by Gasteiger charge is -2.18. The van der Waals surface area contributed by atoms with Gasteiger partial charge in [0, 0.05) is 12.6 Å². The molecule has 0 saturated heterocycles. The molecule has 1 aromatic heterocycles. The molecule has 152 valence electrons. The third kappa shape index (κ3) is 7.21. The number of benzene rings is 1. The zero-order chi connectivity index (χ0) is 18.1. The van der Waals surface area contributed by atoms with Crippen molar-refractivity contribution < 1.29 is 10.2 Å². The molecule has 0 atom stereocenters. The van der Waals surface area contributed by atoms with E-state index in [-0.39, 0.29) is 23.4 Å². The molecule has 0 amide bonds. The molecule has 8 heteroatoms. The molecule has 1 heterocycles. The predicted octanol–water partition coefficient (Wildman–Crippen LogP) is 2.37. The van der Waals surface area contributed by atoms with Crippen LogP contribution in [0.4, 0.5) is 5.69 Å². The van der Waals surface area contributed by atoms with Gasteiger partial charge in [0.2, 0.25) is 5.88 Å². The van der Waals surface area contributed by atoms with Gasteiger partial charge in [-0.25, -0.2) is 0 Å². The molecule has 0 radical (unpaired) electrons. The minimum Gasteiger partial charge on any atom is -0.477 e. The highest BCUT2D eigenvalue weighted by Crippen LogP contribution is 2.13. The molecule has 7 nitrogen and oxygen atoms in total. The average Bonchev–Trinajstić information content (AvgIpc) is 2.65. The number of hydrogen-bond donors (Lipinski definition) is 1. The van der Waals surface area contributed by atoms with Crippen molar-refractivity contribution in [3.8, 4) is 11.6 Å². The van der Waals surface area contributed by atoms with Gasteiger partial charge in [-0.05, 0) is 45.1 Å². The van der Waals surface area contributed by atoms with Gasteiger partial charge in [0.05, 0.1) is 12.3 Å². The third-order valence-electron chi connectivity index (χ3n) is 4.04. The second kappa shape index (κ2) is 13.1. The predicted molar refractivity (Wildman–Crippen MR) is 113 cm³/mol. The summed E-state index contributed by atoms with van der Waals surface area (Å²) in [6.45, 7) is 10.5. The highest BCUT2D eigenvalue weighted by molar-refractivity contribution is 5.85. The first kappa shape index (κ1) is 24.9. The van der Waals surface area contributed by atoms with Crippen LogP contribution < -0.4 is 15.6 Å². The Labute approximate surface area is 167 Å². The summed E-state index contributed by atoms with van der Waals surface area (Å²) in [6, 6.07) is 11.1. The van der Waals surface area contributed by atoms with Gasteiger partial charge in [-0.1, -0.05) is 32.0 Å². The molecule has 2 rings (SSSR count). The van der Waals surface area contributed by atoms with Crippen LogP contribution in [-0.2, 0) is 0 Å². The molecule has 0 aliphatic rings. The molecule has 0 aliphatic carbocycles. The van der Waals surface area contributed by atoms with Crippen molar-refractivity contribution >= 4 is 18.1 Å². The van der Waals surface area contributed by atoms with Crippen LogP contribution in [0.3, 0.4) is 0 Å². The van der Waals surface area contributed by atoms with Gasteiger partial charge in [-0.3, -0.25) is 4.79 Å². The normalized spacial score (nSPS) is 10.1. The van der Waals surface area contributed by atoms with Gasteiger partial charge in [0.15, 0.2) is 0 Å². The largest absolute Gasteiger partial charge is 0.477 e. The van der Waals surface area contributed by atoms with Crippen molar-refractivity contribution in [1.82, 2.24) is 14.7 Å². The molecular formula is C19H31ClN4O3. The average molecular weight is 399 g/mol. The third-order valence-corrected chi connectivity index (χ3v) is 4.04. The molecule has 0 unspecified atom stereocenters. The summed E-state index contributed by atoms with van der Waals surface area (Å²) in [6.07, 6.45) is 0.971. The first-order valence-corrected chi connectivity index (χ1v) is 8.98. The maximum atomic E-state index is 12.7. The van der Waals surface area contributed by atoms with Crippen LogP contribution in [-0.4, -0.2) is 52.9 Å². The van der Waals surface area contributed by atoms with E-state index in [2.05, 4.69) is 29.2 Å². The van der Waals surface area contributed by atoms with Crippen LogP contribution >= 0.6 is 12.4 Å². The standard InChI is InChI=1S/C19H28N4O2.ClH.H2O/c1-4-22(5-2)14-10-13-20-17-15-18(25-6-3)21-23(19(17)24)16-11-8-7-9-12-16;;/h7-9,11-12,15,20H,4-6,10,13-14H2,1-3H3;1H;1H2. The fourth-order valence-electron chi connectivity index (χ4n) is 2.63. The number of nitrogens with zero attached hydrogens (tertiary/aromatic N) is 3. The number of nitrogens with one attached hydrogen (secondary N) is 1. The van der Waals surface area contributed by atoms with E-state index in [1.165, 1.54) is 4.68 Å². The van der Waals surface area contributed by atoms with E-state index in [0.717, 1.165) is 38.3 Å². The number of hydrogen-bond acceptors (Lipinski definition) is 5. The van der Waals surface area contributed by atoms with E-state index in [9.17, 15) is 4.79 Å².